The molecule has 0 bridgehead atoms. The van der Waals surface area contributed by atoms with Gasteiger partial charge >= 0.3 is 0 Å². The molecule has 2 aromatic carbocycles. The van der Waals surface area contributed by atoms with Crippen LogP contribution in [0.1, 0.15) is 11.7 Å². The molecule has 24 heavy (non-hydrogen) atoms. The average Bonchev–Trinajstić information content (AvgIpc) is 2.57. The average molecular weight is 358 g/mol. The summed E-state index contributed by atoms with van der Waals surface area (Å²) in [5.74, 6) is -2.33. The van der Waals surface area contributed by atoms with Gasteiger partial charge in [0.05, 0.1) is 6.61 Å². The van der Waals surface area contributed by atoms with Crippen molar-refractivity contribution in [2.75, 3.05) is 19.7 Å². The minimum atomic E-state index is -0.924. The molecule has 1 N–H and O–H groups in total. The number of rotatable bonds is 4. The molecule has 3 rings (SSSR count). The zero-order valence-electron chi connectivity index (χ0n) is 12.6. The Labute approximate surface area is 142 Å². The predicted molar refractivity (Wildman–Crippen MR) is 83.7 cm³/mol. The van der Waals surface area contributed by atoms with Gasteiger partial charge in [-0.15, -0.1) is 0 Å². The number of nitrogens with one attached hydrogen (secondary N) is 1. The van der Waals surface area contributed by atoms with Gasteiger partial charge in [0.1, 0.15) is 34.3 Å². The van der Waals surface area contributed by atoms with Crippen LogP contribution in [-0.4, -0.2) is 25.8 Å². The van der Waals surface area contributed by atoms with Gasteiger partial charge in [-0.05, 0) is 17.7 Å². The van der Waals surface area contributed by atoms with Gasteiger partial charge in [-0.2, -0.15) is 0 Å². The van der Waals surface area contributed by atoms with Crippen LogP contribution >= 0.6 is 11.6 Å². The Hall–Kier alpha value is -1.76. The van der Waals surface area contributed by atoms with Gasteiger partial charge in [0.15, 0.2) is 6.10 Å². The Morgan fingerprint density at radius 1 is 1.17 bits per heavy atom. The van der Waals surface area contributed by atoms with Crippen LogP contribution in [0.2, 0.25) is 5.02 Å². The lowest BCUT2D eigenvalue weighted by Crippen LogP contribution is -2.43. The third-order valence-electron chi connectivity index (χ3n) is 3.68. The monoisotopic (exact) mass is 357 g/mol. The fourth-order valence-corrected chi connectivity index (χ4v) is 2.73. The molecule has 0 unspecified atom stereocenters. The summed E-state index contributed by atoms with van der Waals surface area (Å²) in [6.45, 7) is 1.59. The van der Waals surface area contributed by atoms with E-state index in [0.717, 1.165) is 6.07 Å². The van der Waals surface area contributed by atoms with E-state index in [0.29, 0.717) is 31.3 Å². The number of hydrogen-bond donors (Lipinski definition) is 1. The molecule has 1 saturated heterocycles. The SMILES string of the molecule is Fc1cccc([C@H](Oc2cc(F)cc(F)c2Cl)[C@@H]2CNCCO2)c1. The summed E-state index contributed by atoms with van der Waals surface area (Å²) in [7, 11) is 0. The molecule has 1 aliphatic heterocycles. The lowest BCUT2D eigenvalue weighted by Gasteiger charge is -2.32. The van der Waals surface area contributed by atoms with Crippen LogP contribution in [0.4, 0.5) is 13.2 Å². The van der Waals surface area contributed by atoms with Crippen LogP contribution in [0.3, 0.4) is 0 Å². The number of morpholine rings is 1. The zero-order valence-corrected chi connectivity index (χ0v) is 13.3. The molecule has 3 nitrogen and oxygen atoms in total. The lowest BCUT2D eigenvalue weighted by molar-refractivity contribution is -0.0434. The molecular weight excluding hydrogens is 343 g/mol. The van der Waals surface area contributed by atoms with E-state index in [9.17, 15) is 13.2 Å². The van der Waals surface area contributed by atoms with Crippen LogP contribution in [0.5, 0.6) is 5.75 Å². The predicted octanol–water partition coefficient (Wildman–Crippen LogP) is 3.87. The van der Waals surface area contributed by atoms with Gasteiger partial charge in [-0.25, -0.2) is 13.2 Å². The van der Waals surface area contributed by atoms with Crippen molar-refractivity contribution < 1.29 is 22.6 Å². The molecule has 128 valence electrons. The number of hydrogen-bond acceptors (Lipinski definition) is 3. The fraction of sp³-hybridized carbons (Fsp3) is 0.294. The molecule has 7 heteroatoms. The molecule has 0 spiro atoms. The number of benzene rings is 2. The summed E-state index contributed by atoms with van der Waals surface area (Å²) in [5, 5.41) is 2.81. The number of halogens is 4. The van der Waals surface area contributed by atoms with Gasteiger partial charge in [-0.1, -0.05) is 23.7 Å². The van der Waals surface area contributed by atoms with E-state index in [1.807, 2.05) is 0 Å². The summed E-state index contributed by atoms with van der Waals surface area (Å²) in [5.41, 5.74) is 0.490. The third kappa shape index (κ3) is 3.83. The van der Waals surface area contributed by atoms with E-state index in [1.165, 1.54) is 18.2 Å². The summed E-state index contributed by atoms with van der Waals surface area (Å²) < 4.78 is 52.1. The number of ether oxygens (including phenoxy) is 2. The highest BCUT2D eigenvalue weighted by Gasteiger charge is 2.29. The van der Waals surface area contributed by atoms with Crippen molar-refractivity contribution in [3.8, 4) is 5.75 Å². The van der Waals surface area contributed by atoms with Crippen molar-refractivity contribution >= 4 is 11.6 Å². The first-order chi connectivity index (χ1) is 11.5. The second kappa shape index (κ2) is 7.42. The minimum Gasteiger partial charge on any atom is -0.481 e. The highest BCUT2D eigenvalue weighted by molar-refractivity contribution is 6.32. The summed E-state index contributed by atoms with van der Waals surface area (Å²) in [4.78, 5) is 0. The van der Waals surface area contributed by atoms with Crippen molar-refractivity contribution in [1.29, 1.82) is 0 Å². The normalized spacial score (nSPS) is 19.1. The largest absolute Gasteiger partial charge is 0.481 e. The molecule has 0 amide bonds. The van der Waals surface area contributed by atoms with Gasteiger partial charge in [0, 0.05) is 25.2 Å². The molecule has 2 atom stereocenters. The summed E-state index contributed by atoms with van der Waals surface area (Å²) >= 11 is 5.87. The molecule has 0 aromatic heterocycles. The second-order valence-electron chi connectivity index (χ2n) is 5.41. The second-order valence-corrected chi connectivity index (χ2v) is 5.78. The highest BCUT2D eigenvalue weighted by Crippen LogP contribution is 2.34. The quantitative estimate of drug-likeness (QED) is 0.843. The standard InChI is InChI=1S/C17H15ClF3NO2/c18-16-13(21)7-12(20)8-14(16)24-17(15-9-22-4-5-23-15)10-2-1-3-11(19)6-10/h1-3,6-8,15,17,22H,4-5,9H2/t15-,17-/m0/s1. The van der Waals surface area contributed by atoms with E-state index in [4.69, 9.17) is 21.1 Å². The Morgan fingerprint density at radius 2 is 2.00 bits per heavy atom. The Kier molecular flexibility index (Phi) is 5.28. The van der Waals surface area contributed by atoms with Crippen molar-refractivity contribution in [1.82, 2.24) is 5.32 Å². The molecule has 0 saturated carbocycles. The van der Waals surface area contributed by atoms with Crippen molar-refractivity contribution in [2.45, 2.75) is 12.2 Å². The van der Waals surface area contributed by atoms with Gasteiger partial charge in [0.25, 0.3) is 0 Å². The first-order valence-electron chi connectivity index (χ1n) is 7.43. The molecule has 0 aliphatic carbocycles. The maximum atomic E-state index is 13.6. The Morgan fingerprint density at radius 3 is 2.71 bits per heavy atom. The van der Waals surface area contributed by atoms with Crippen molar-refractivity contribution in [3.63, 3.8) is 0 Å². The maximum Gasteiger partial charge on any atom is 0.151 e. The molecule has 1 fully saturated rings. The van der Waals surface area contributed by atoms with E-state index in [1.54, 1.807) is 6.07 Å². The van der Waals surface area contributed by atoms with E-state index in [2.05, 4.69) is 5.32 Å². The minimum absolute atomic E-state index is 0.155. The first kappa shape index (κ1) is 17.1. The van der Waals surface area contributed by atoms with E-state index >= 15 is 0 Å². The molecular formula is C17H15ClF3NO2. The molecule has 1 heterocycles. The van der Waals surface area contributed by atoms with Crippen LogP contribution in [-0.2, 0) is 4.74 Å². The molecule has 1 aliphatic rings. The lowest BCUT2D eigenvalue weighted by atomic mass is 10.0. The molecule has 2 aromatic rings. The maximum absolute atomic E-state index is 13.6. The van der Waals surface area contributed by atoms with Crippen LogP contribution in [0.15, 0.2) is 36.4 Å². The van der Waals surface area contributed by atoms with Gasteiger partial charge in [0.2, 0.25) is 0 Å². The third-order valence-corrected chi connectivity index (χ3v) is 4.05. The Balaban J connectivity index is 1.95. The van der Waals surface area contributed by atoms with E-state index in [-0.39, 0.29) is 10.8 Å². The summed E-state index contributed by atoms with van der Waals surface area (Å²) in [6.07, 6.45) is -1.23. The molecule has 0 radical (unpaired) electrons. The summed E-state index contributed by atoms with van der Waals surface area (Å²) in [6, 6.07) is 7.46. The van der Waals surface area contributed by atoms with Crippen LogP contribution in [0.25, 0.3) is 0 Å². The van der Waals surface area contributed by atoms with Gasteiger partial charge in [-0.3, -0.25) is 0 Å². The highest BCUT2D eigenvalue weighted by atomic mass is 35.5. The smallest absolute Gasteiger partial charge is 0.151 e. The van der Waals surface area contributed by atoms with Crippen LogP contribution in [0, 0.1) is 17.5 Å². The first-order valence-corrected chi connectivity index (χ1v) is 7.81. The van der Waals surface area contributed by atoms with Gasteiger partial charge < -0.3 is 14.8 Å². The van der Waals surface area contributed by atoms with Crippen molar-refractivity contribution in [3.05, 3.63) is 64.4 Å². The van der Waals surface area contributed by atoms with Crippen LogP contribution < -0.4 is 10.1 Å². The van der Waals surface area contributed by atoms with E-state index < -0.39 is 29.7 Å². The Bertz CT molecular complexity index is 723. The topological polar surface area (TPSA) is 30.5 Å². The zero-order chi connectivity index (χ0) is 17.1. The fourth-order valence-electron chi connectivity index (χ4n) is 2.58. The van der Waals surface area contributed by atoms with Crippen molar-refractivity contribution in [2.24, 2.45) is 0 Å².